The summed E-state index contributed by atoms with van der Waals surface area (Å²) < 4.78 is 3.62. The van der Waals surface area contributed by atoms with E-state index in [-0.39, 0.29) is 11.7 Å². The van der Waals surface area contributed by atoms with Crippen LogP contribution in [0.3, 0.4) is 0 Å². The number of thioether (sulfide) groups is 1. The molecule has 1 N–H and O–H groups in total. The molecule has 162 valence electrons. The number of nitrogens with one attached hydrogen (secondary N) is 1. The summed E-state index contributed by atoms with van der Waals surface area (Å²) in [5, 5.41) is 16.4. The van der Waals surface area contributed by atoms with Gasteiger partial charge in [-0.05, 0) is 30.3 Å². The molecule has 0 bridgehead atoms. The first-order valence-electron chi connectivity index (χ1n) is 10.2. The first-order valence-corrected chi connectivity index (χ1v) is 11.2. The molecule has 0 aliphatic heterocycles. The van der Waals surface area contributed by atoms with Crippen molar-refractivity contribution < 1.29 is 4.79 Å². The highest BCUT2D eigenvalue weighted by atomic mass is 32.2. The first-order chi connectivity index (χ1) is 16.3. The van der Waals surface area contributed by atoms with E-state index in [1.165, 1.54) is 11.8 Å². The van der Waals surface area contributed by atoms with Crippen molar-refractivity contribution in [2.45, 2.75) is 5.16 Å². The number of pyridine rings is 1. The van der Waals surface area contributed by atoms with E-state index < -0.39 is 0 Å². The maximum absolute atomic E-state index is 12.6. The van der Waals surface area contributed by atoms with E-state index in [4.69, 9.17) is 0 Å². The van der Waals surface area contributed by atoms with Crippen LogP contribution < -0.4 is 5.32 Å². The van der Waals surface area contributed by atoms with Crippen LogP contribution >= 0.6 is 11.8 Å². The third kappa shape index (κ3) is 4.68. The molecule has 0 atom stereocenters. The van der Waals surface area contributed by atoms with Gasteiger partial charge in [0.2, 0.25) is 5.91 Å². The van der Waals surface area contributed by atoms with Gasteiger partial charge in [-0.1, -0.05) is 60.3 Å². The summed E-state index contributed by atoms with van der Waals surface area (Å²) in [6.07, 6.45) is 5.11. The molecule has 0 radical (unpaired) electrons. The lowest BCUT2D eigenvalue weighted by Gasteiger charge is -2.10. The largest absolute Gasteiger partial charge is 0.324 e. The zero-order valence-electron chi connectivity index (χ0n) is 17.4. The SMILES string of the molecule is O=C(CSc1nnc(-c2ccccc2)n1-c1ccccc1)Nc1ccc(-n2cccn2)nc1. The van der Waals surface area contributed by atoms with Gasteiger partial charge >= 0.3 is 0 Å². The van der Waals surface area contributed by atoms with E-state index >= 15 is 0 Å². The van der Waals surface area contributed by atoms with Gasteiger partial charge < -0.3 is 5.32 Å². The van der Waals surface area contributed by atoms with E-state index in [2.05, 4.69) is 25.6 Å². The van der Waals surface area contributed by atoms with Crippen LogP contribution in [0.2, 0.25) is 0 Å². The standard InChI is InChI=1S/C24H19N7OS/c32-22(27-19-12-13-21(25-16-19)30-15-7-14-26-30)17-33-24-29-28-23(18-8-3-1-4-9-18)31(24)20-10-5-2-6-11-20/h1-16H,17H2,(H,27,32). The van der Waals surface area contributed by atoms with Crippen LogP contribution in [0.5, 0.6) is 0 Å². The predicted octanol–water partition coefficient (Wildman–Crippen LogP) is 4.25. The van der Waals surface area contributed by atoms with Crippen LogP contribution in [0.25, 0.3) is 22.9 Å². The Morgan fingerprint density at radius 2 is 1.70 bits per heavy atom. The minimum absolute atomic E-state index is 0.155. The van der Waals surface area contributed by atoms with Gasteiger partial charge in [-0.25, -0.2) is 9.67 Å². The number of carbonyl (C=O) groups excluding carboxylic acids is 1. The zero-order chi connectivity index (χ0) is 22.5. The average Bonchev–Trinajstić information content (AvgIpc) is 3.55. The van der Waals surface area contributed by atoms with Crippen molar-refractivity contribution in [2.75, 3.05) is 11.1 Å². The quantitative estimate of drug-likeness (QED) is 0.371. The minimum atomic E-state index is -0.155. The molecule has 0 fully saturated rings. The Morgan fingerprint density at radius 3 is 2.39 bits per heavy atom. The minimum Gasteiger partial charge on any atom is -0.324 e. The first kappa shape index (κ1) is 20.7. The lowest BCUT2D eigenvalue weighted by atomic mass is 10.2. The normalized spacial score (nSPS) is 10.8. The van der Waals surface area contributed by atoms with Crippen LogP contribution in [-0.4, -0.2) is 41.2 Å². The van der Waals surface area contributed by atoms with E-state index in [1.54, 1.807) is 29.2 Å². The summed E-state index contributed by atoms with van der Waals surface area (Å²) in [4.78, 5) is 16.9. The van der Waals surface area contributed by atoms with Gasteiger partial charge in [0, 0.05) is 23.6 Å². The van der Waals surface area contributed by atoms with Crippen LogP contribution in [-0.2, 0) is 4.79 Å². The number of para-hydroxylation sites is 1. The zero-order valence-corrected chi connectivity index (χ0v) is 18.3. The molecule has 3 heterocycles. The molecule has 8 nitrogen and oxygen atoms in total. The summed E-state index contributed by atoms with van der Waals surface area (Å²) in [5.74, 6) is 1.43. The monoisotopic (exact) mass is 453 g/mol. The maximum atomic E-state index is 12.6. The second kappa shape index (κ2) is 9.49. The van der Waals surface area contributed by atoms with Gasteiger partial charge in [-0.3, -0.25) is 9.36 Å². The third-order valence-electron chi connectivity index (χ3n) is 4.78. The molecule has 0 saturated carbocycles. The predicted molar refractivity (Wildman–Crippen MR) is 128 cm³/mol. The molecule has 1 amide bonds. The molecule has 0 spiro atoms. The summed E-state index contributed by atoms with van der Waals surface area (Å²) >= 11 is 1.33. The summed E-state index contributed by atoms with van der Waals surface area (Å²) in [6.45, 7) is 0. The molecule has 0 aliphatic rings. The van der Waals surface area contributed by atoms with Crippen molar-refractivity contribution in [3.05, 3.63) is 97.5 Å². The van der Waals surface area contributed by atoms with E-state index in [0.29, 0.717) is 16.7 Å². The number of nitrogens with zero attached hydrogens (tertiary/aromatic N) is 6. The Morgan fingerprint density at radius 1 is 0.909 bits per heavy atom. The van der Waals surface area contributed by atoms with Crippen LogP contribution in [0.15, 0.2) is 103 Å². The Bertz CT molecular complexity index is 1340. The fourth-order valence-electron chi connectivity index (χ4n) is 3.27. The lowest BCUT2D eigenvalue weighted by Crippen LogP contribution is -2.15. The smallest absolute Gasteiger partial charge is 0.234 e. The number of hydrogen-bond donors (Lipinski definition) is 1. The Balaban J connectivity index is 1.31. The van der Waals surface area contributed by atoms with Gasteiger partial charge in [0.15, 0.2) is 16.8 Å². The van der Waals surface area contributed by atoms with Gasteiger partial charge in [-0.15, -0.1) is 10.2 Å². The number of rotatable bonds is 7. The molecular formula is C24H19N7OS. The molecule has 2 aromatic carbocycles. The van der Waals surface area contributed by atoms with Crippen LogP contribution in [0.1, 0.15) is 0 Å². The fourth-order valence-corrected chi connectivity index (χ4v) is 4.03. The highest BCUT2D eigenvalue weighted by Crippen LogP contribution is 2.27. The third-order valence-corrected chi connectivity index (χ3v) is 5.71. The highest BCUT2D eigenvalue weighted by molar-refractivity contribution is 7.99. The molecule has 0 saturated heterocycles. The molecule has 33 heavy (non-hydrogen) atoms. The molecule has 9 heteroatoms. The van der Waals surface area contributed by atoms with Gasteiger partial charge in [0.1, 0.15) is 0 Å². The second-order valence-electron chi connectivity index (χ2n) is 7.04. The molecule has 3 aromatic heterocycles. The van der Waals surface area contributed by atoms with Crippen molar-refractivity contribution in [1.29, 1.82) is 0 Å². The van der Waals surface area contributed by atoms with Gasteiger partial charge in [-0.2, -0.15) is 5.10 Å². The maximum Gasteiger partial charge on any atom is 0.234 e. The fraction of sp³-hybridized carbons (Fsp3) is 0.0417. The van der Waals surface area contributed by atoms with Gasteiger partial charge in [0.05, 0.1) is 17.6 Å². The van der Waals surface area contributed by atoms with Crippen LogP contribution in [0, 0.1) is 0 Å². The Kier molecular flexibility index (Phi) is 5.94. The summed E-state index contributed by atoms with van der Waals surface area (Å²) in [7, 11) is 0. The number of hydrogen-bond acceptors (Lipinski definition) is 6. The van der Waals surface area contributed by atoms with Crippen LogP contribution in [0.4, 0.5) is 5.69 Å². The molecular weight excluding hydrogens is 434 g/mol. The Hall–Kier alpha value is -4.24. The summed E-state index contributed by atoms with van der Waals surface area (Å²) in [6, 6.07) is 25.2. The number of anilines is 1. The Labute approximate surface area is 194 Å². The van der Waals surface area contributed by atoms with E-state index in [0.717, 1.165) is 17.1 Å². The van der Waals surface area contributed by atoms with Crippen molar-refractivity contribution in [2.24, 2.45) is 0 Å². The number of aromatic nitrogens is 6. The molecule has 5 aromatic rings. The molecule has 0 unspecified atom stereocenters. The van der Waals surface area contributed by atoms with E-state index in [1.807, 2.05) is 77.5 Å². The highest BCUT2D eigenvalue weighted by Gasteiger charge is 2.17. The number of benzene rings is 2. The van der Waals surface area contributed by atoms with Crippen molar-refractivity contribution in [1.82, 2.24) is 29.5 Å². The second-order valence-corrected chi connectivity index (χ2v) is 7.98. The van der Waals surface area contributed by atoms with Gasteiger partial charge in [0.25, 0.3) is 0 Å². The number of carbonyl (C=O) groups is 1. The van der Waals surface area contributed by atoms with Crippen molar-refractivity contribution in [3.63, 3.8) is 0 Å². The van der Waals surface area contributed by atoms with Crippen molar-refractivity contribution >= 4 is 23.4 Å². The topological polar surface area (TPSA) is 90.5 Å². The number of amides is 1. The average molecular weight is 454 g/mol. The summed E-state index contributed by atoms with van der Waals surface area (Å²) in [5.41, 5.74) is 2.50. The molecule has 0 aliphatic carbocycles. The van der Waals surface area contributed by atoms with E-state index in [9.17, 15) is 4.79 Å². The lowest BCUT2D eigenvalue weighted by molar-refractivity contribution is -0.113. The van der Waals surface area contributed by atoms with Crippen molar-refractivity contribution in [3.8, 4) is 22.9 Å². The molecule has 5 rings (SSSR count).